The number of ether oxygens (including phenoxy) is 1. The number of nitrogens with zero attached hydrogens (tertiary/aromatic N) is 6. The van der Waals surface area contributed by atoms with E-state index in [1.807, 2.05) is 4.57 Å². The third-order valence-electron chi connectivity index (χ3n) is 6.70. The van der Waals surface area contributed by atoms with Crippen molar-refractivity contribution >= 4 is 17.6 Å². The summed E-state index contributed by atoms with van der Waals surface area (Å²) in [4.78, 5) is 32.8. The van der Waals surface area contributed by atoms with E-state index in [9.17, 15) is 22.8 Å². The van der Waals surface area contributed by atoms with Gasteiger partial charge >= 0.3 is 12.2 Å². The highest BCUT2D eigenvalue weighted by atomic mass is 19.4. The predicted molar refractivity (Wildman–Crippen MR) is 140 cm³/mol. The summed E-state index contributed by atoms with van der Waals surface area (Å²) in [6.07, 6.45) is -1.34. The molecule has 10 nitrogen and oxygen atoms in total. The molecule has 2 aromatic carbocycles. The molecule has 0 bridgehead atoms. The van der Waals surface area contributed by atoms with Gasteiger partial charge < -0.3 is 24.4 Å². The molecule has 1 N–H and O–H groups in total. The van der Waals surface area contributed by atoms with Crippen LogP contribution in [0.5, 0.6) is 5.75 Å². The lowest BCUT2D eigenvalue weighted by molar-refractivity contribution is -0.141. The molecule has 0 saturated heterocycles. The molecule has 1 aliphatic heterocycles. The predicted octanol–water partition coefficient (Wildman–Crippen LogP) is 4.06. The Labute approximate surface area is 227 Å². The summed E-state index contributed by atoms with van der Waals surface area (Å²) in [5.74, 6) is 0.569. The lowest BCUT2D eigenvalue weighted by atomic mass is 10.0. The highest BCUT2D eigenvalue weighted by Gasteiger charge is 2.43. The summed E-state index contributed by atoms with van der Waals surface area (Å²) in [5, 5.41) is 6.39. The molecule has 0 aliphatic carbocycles. The van der Waals surface area contributed by atoms with Crippen LogP contribution in [0.3, 0.4) is 0 Å². The molecule has 208 valence electrons. The van der Waals surface area contributed by atoms with Gasteiger partial charge in [-0.15, -0.1) is 0 Å². The number of urea groups is 1. The molecular formula is C27H26F3N7O3. The Kier molecular flexibility index (Phi) is 6.96. The second-order valence-corrected chi connectivity index (χ2v) is 9.13. The van der Waals surface area contributed by atoms with Gasteiger partial charge in [0.1, 0.15) is 17.3 Å². The smallest absolute Gasteiger partial charge is 0.435 e. The van der Waals surface area contributed by atoms with E-state index in [2.05, 4.69) is 15.4 Å². The molecule has 1 aliphatic rings. The van der Waals surface area contributed by atoms with Gasteiger partial charge in [-0.1, -0.05) is 0 Å². The zero-order valence-electron chi connectivity index (χ0n) is 21.9. The lowest BCUT2D eigenvalue weighted by Gasteiger charge is -2.28. The number of fused-ring (bicyclic) bond motifs is 1. The maximum absolute atomic E-state index is 13.9. The number of alkyl halides is 3. The summed E-state index contributed by atoms with van der Waals surface area (Å²) in [6, 6.07) is 13.1. The third kappa shape index (κ3) is 4.85. The minimum Gasteiger partial charge on any atom is -0.497 e. The largest absolute Gasteiger partial charge is 0.497 e. The van der Waals surface area contributed by atoms with Crippen molar-refractivity contribution in [2.24, 2.45) is 0 Å². The van der Waals surface area contributed by atoms with Gasteiger partial charge in [0.05, 0.1) is 19.3 Å². The van der Waals surface area contributed by atoms with Gasteiger partial charge in [-0.05, 0) is 55.0 Å². The first kappa shape index (κ1) is 26.8. The quantitative estimate of drug-likeness (QED) is 0.389. The molecule has 5 rings (SSSR count). The number of halogens is 3. The molecule has 0 atom stereocenters. The SMILES string of the molecule is CNC(=O)N(C)Cc1nccn1-c1ccc(N2CCc3c(C(F)(F)F)nn(-c4ccc(OC)cc4)c3C2=O)cc1. The zero-order valence-corrected chi connectivity index (χ0v) is 21.9. The van der Waals surface area contributed by atoms with Crippen molar-refractivity contribution < 1.29 is 27.5 Å². The van der Waals surface area contributed by atoms with Crippen molar-refractivity contribution in [3.63, 3.8) is 0 Å². The summed E-state index contributed by atoms with van der Waals surface area (Å²) in [7, 11) is 4.68. The fraction of sp³-hybridized carbons (Fsp3) is 0.259. The molecule has 0 fully saturated rings. The van der Waals surface area contributed by atoms with Crippen molar-refractivity contribution in [2.75, 3.05) is 32.6 Å². The van der Waals surface area contributed by atoms with E-state index in [-0.39, 0.29) is 36.8 Å². The number of rotatable bonds is 6. The van der Waals surface area contributed by atoms with Gasteiger partial charge in [0, 0.05) is 50.0 Å². The van der Waals surface area contributed by atoms with E-state index in [1.165, 1.54) is 16.9 Å². The average Bonchev–Trinajstić information content (AvgIpc) is 3.58. The van der Waals surface area contributed by atoms with E-state index in [0.717, 1.165) is 10.4 Å². The Morgan fingerprint density at radius 2 is 1.73 bits per heavy atom. The van der Waals surface area contributed by atoms with Gasteiger partial charge in [-0.3, -0.25) is 4.79 Å². The molecule has 2 aromatic heterocycles. The van der Waals surface area contributed by atoms with Crippen molar-refractivity contribution in [1.82, 2.24) is 29.5 Å². The fourth-order valence-corrected chi connectivity index (χ4v) is 4.70. The second-order valence-electron chi connectivity index (χ2n) is 9.13. The van der Waals surface area contributed by atoms with Crippen LogP contribution in [0.25, 0.3) is 11.4 Å². The molecule has 0 saturated carbocycles. The van der Waals surface area contributed by atoms with Crippen LogP contribution in [0.2, 0.25) is 0 Å². The standard InChI is InChI=1S/C27H26F3N7O3/c1-31-26(39)34(2)16-22-32-13-15-35(22)17-4-6-18(7-5-17)36-14-12-21-23(25(36)38)37(33-24(21)27(28,29)30)19-8-10-20(40-3)11-9-19/h4-11,13,15H,12,14,16H2,1-3H3,(H,31,39). The van der Waals surface area contributed by atoms with Gasteiger partial charge in [-0.2, -0.15) is 18.3 Å². The highest BCUT2D eigenvalue weighted by Crippen LogP contribution is 2.37. The third-order valence-corrected chi connectivity index (χ3v) is 6.70. The fourth-order valence-electron chi connectivity index (χ4n) is 4.70. The van der Waals surface area contributed by atoms with Crippen LogP contribution in [-0.2, 0) is 19.1 Å². The van der Waals surface area contributed by atoms with Gasteiger partial charge in [-0.25, -0.2) is 14.5 Å². The molecule has 3 heterocycles. The molecular weight excluding hydrogens is 527 g/mol. The molecule has 0 unspecified atom stereocenters. The minimum absolute atomic E-state index is 0.00861. The number of anilines is 1. The van der Waals surface area contributed by atoms with Gasteiger partial charge in [0.2, 0.25) is 0 Å². The first-order valence-corrected chi connectivity index (χ1v) is 12.3. The van der Waals surface area contributed by atoms with Crippen LogP contribution in [-0.4, -0.2) is 63.9 Å². The first-order chi connectivity index (χ1) is 19.1. The minimum atomic E-state index is -4.71. The monoisotopic (exact) mass is 553 g/mol. The lowest BCUT2D eigenvalue weighted by Crippen LogP contribution is -2.39. The van der Waals surface area contributed by atoms with E-state index < -0.39 is 17.8 Å². The van der Waals surface area contributed by atoms with Crippen LogP contribution >= 0.6 is 0 Å². The Morgan fingerprint density at radius 1 is 1.07 bits per heavy atom. The number of benzene rings is 2. The molecule has 4 aromatic rings. The summed E-state index contributed by atoms with van der Waals surface area (Å²) >= 11 is 0. The zero-order chi connectivity index (χ0) is 28.6. The highest BCUT2D eigenvalue weighted by molar-refractivity contribution is 6.07. The maximum Gasteiger partial charge on any atom is 0.435 e. The van der Waals surface area contributed by atoms with E-state index >= 15 is 0 Å². The second kappa shape index (κ2) is 10.4. The summed E-state index contributed by atoms with van der Waals surface area (Å²) in [5.41, 5.74) is 0.281. The molecule has 0 radical (unpaired) electrons. The number of hydrogen-bond donors (Lipinski definition) is 1. The molecule has 3 amide bonds. The number of aromatic nitrogens is 4. The first-order valence-electron chi connectivity index (χ1n) is 12.3. The number of amides is 3. The van der Waals surface area contributed by atoms with Crippen molar-refractivity contribution in [3.8, 4) is 17.1 Å². The van der Waals surface area contributed by atoms with E-state index in [4.69, 9.17) is 4.74 Å². The Bertz CT molecular complexity index is 1540. The number of imidazole rings is 1. The van der Waals surface area contributed by atoms with Crippen LogP contribution in [0.1, 0.15) is 27.6 Å². The normalized spacial score (nSPS) is 13.2. The van der Waals surface area contributed by atoms with Crippen molar-refractivity contribution in [2.45, 2.75) is 19.1 Å². The van der Waals surface area contributed by atoms with Crippen LogP contribution in [0, 0.1) is 0 Å². The van der Waals surface area contributed by atoms with Gasteiger partial charge in [0.15, 0.2) is 5.69 Å². The van der Waals surface area contributed by atoms with Crippen LogP contribution < -0.4 is 15.0 Å². The molecule has 40 heavy (non-hydrogen) atoms. The summed E-state index contributed by atoms with van der Waals surface area (Å²) in [6.45, 7) is 0.328. The van der Waals surface area contributed by atoms with E-state index in [1.54, 1.807) is 75.0 Å². The molecule has 0 spiro atoms. The topological polar surface area (TPSA) is 97.5 Å². The van der Waals surface area contributed by atoms with Crippen molar-refractivity contribution in [3.05, 3.63) is 83.7 Å². The number of methoxy groups -OCH3 is 1. The number of carbonyl (C=O) groups is 2. The van der Waals surface area contributed by atoms with Crippen LogP contribution in [0.4, 0.5) is 23.7 Å². The number of hydrogen-bond acceptors (Lipinski definition) is 5. The number of carbonyl (C=O) groups excluding carboxylic acids is 2. The maximum atomic E-state index is 13.9. The average molecular weight is 554 g/mol. The Balaban J connectivity index is 1.46. The van der Waals surface area contributed by atoms with Crippen molar-refractivity contribution in [1.29, 1.82) is 0 Å². The van der Waals surface area contributed by atoms with Crippen LogP contribution in [0.15, 0.2) is 60.9 Å². The Morgan fingerprint density at radius 3 is 2.35 bits per heavy atom. The summed E-state index contributed by atoms with van der Waals surface area (Å²) < 4.78 is 49.6. The molecule has 13 heteroatoms. The van der Waals surface area contributed by atoms with E-state index in [0.29, 0.717) is 22.9 Å². The number of nitrogens with one attached hydrogen (secondary N) is 1. The van der Waals surface area contributed by atoms with Gasteiger partial charge in [0.25, 0.3) is 5.91 Å². The Hall–Kier alpha value is -4.81.